The average Bonchev–Trinajstić information content (AvgIpc) is 3.16. The van der Waals surface area contributed by atoms with Crippen LogP contribution in [0.1, 0.15) is 45.2 Å². The van der Waals surface area contributed by atoms with E-state index in [1.165, 1.54) is 7.05 Å². The van der Waals surface area contributed by atoms with Crippen LogP contribution in [-0.4, -0.2) is 36.2 Å². The normalized spacial score (nSPS) is 11.5. The van der Waals surface area contributed by atoms with E-state index in [1.807, 2.05) is 0 Å². The van der Waals surface area contributed by atoms with Gasteiger partial charge in [-0.05, 0) is 6.07 Å². The van der Waals surface area contributed by atoms with Crippen molar-refractivity contribution in [1.82, 2.24) is 24.4 Å². The number of carbonyl (C=O) groups excluding carboxylic acids is 2. The minimum Gasteiger partial charge on any atom is -0.364 e. The summed E-state index contributed by atoms with van der Waals surface area (Å²) in [6.45, 7) is 0. The van der Waals surface area contributed by atoms with Crippen LogP contribution in [0.15, 0.2) is 18.3 Å². The van der Waals surface area contributed by atoms with Gasteiger partial charge in [-0.3, -0.25) is 14.3 Å². The van der Waals surface area contributed by atoms with E-state index in [2.05, 4.69) is 20.5 Å². The highest BCUT2D eigenvalue weighted by atomic mass is 19.3. The van der Waals surface area contributed by atoms with Crippen LogP contribution in [-0.2, 0) is 7.05 Å². The number of aryl methyl sites for hydroxylation is 1. The number of alkyl halides is 4. The molecule has 3 rings (SSSR count). The summed E-state index contributed by atoms with van der Waals surface area (Å²) >= 11 is 0. The largest absolute Gasteiger partial charge is 0.364 e. The average molecular weight is 385 g/mol. The molecular formula is C14H11F4N7O2. The number of nitrogens with zero attached hydrogens (tertiary/aromatic N) is 5. The van der Waals surface area contributed by atoms with Crippen molar-refractivity contribution < 1.29 is 27.2 Å². The molecule has 0 aliphatic carbocycles. The molecular weight excluding hydrogens is 374 g/mol. The number of amides is 2. The van der Waals surface area contributed by atoms with Gasteiger partial charge >= 0.3 is 0 Å². The smallest absolute Gasteiger partial charge is 0.280 e. The fourth-order valence-corrected chi connectivity index (χ4v) is 2.40. The molecule has 142 valence electrons. The molecule has 2 amide bonds. The molecule has 13 heteroatoms. The van der Waals surface area contributed by atoms with Crippen LogP contribution >= 0.6 is 0 Å². The predicted octanol–water partition coefficient (Wildman–Crippen LogP) is 1.69. The molecule has 0 aliphatic rings. The molecule has 3 aromatic rings. The molecule has 0 unspecified atom stereocenters. The predicted molar refractivity (Wildman–Crippen MR) is 82.6 cm³/mol. The van der Waals surface area contributed by atoms with Crippen molar-refractivity contribution in [3.05, 3.63) is 41.1 Å². The molecule has 3 heterocycles. The summed E-state index contributed by atoms with van der Waals surface area (Å²) in [4.78, 5) is 27.3. The summed E-state index contributed by atoms with van der Waals surface area (Å²) < 4.78 is 53.7. The van der Waals surface area contributed by atoms with Gasteiger partial charge in [-0.25, -0.2) is 27.1 Å². The van der Waals surface area contributed by atoms with Crippen LogP contribution in [0, 0.1) is 0 Å². The fourth-order valence-electron chi connectivity index (χ4n) is 2.40. The first-order valence-corrected chi connectivity index (χ1v) is 7.29. The van der Waals surface area contributed by atoms with Crippen LogP contribution in [0.25, 0.3) is 5.65 Å². The Morgan fingerprint density at radius 1 is 1.19 bits per heavy atom. The van der Waals surface area contributed by atoms with Crippen molar-refractivity contribution >= 4 is 23.1 Å². The molecule has 9 nitrogen and oxygen atoms in total. The number of primary amides is 1. The Labute approximate surface area is 147 Å². The van der Waals surface area contributed by atoms with Crippen LogP contribution in [0.3, 0.4) is 0 Å². The lowest BCUT2D eigenvalue weighted by Gasteiger charge is -2.06. The van der Waals surface area contributed by atoms with Gasteiger partial charge in [0.1, 0.15) is 17.1 Å². The molecule has 0 saturated heterocycles. The Bertz CT molecular complexity index is 1040. The zero-order valence-corrected chi connectivity index (χ0v) is 13.5. The number of hydrogen-bond donors (Lipinski definition) is 2. The van der Waals surface area contributed by atoms with Crippen LogP contribution in [0.4, 0.5) is 23.2 Å². The zero-order chi connectivity index (χ0) is 19.9. The number of rotatable bonds is 5. The topological polar surface area (TPSA) is 120 Å². The van der Waals surface area contributed by atoms with E-state index in [1.54, 1.807) is 0 Å². The summed E-state index contributed by atoms with van der Waals surface area (Å²) in [7, 11) is 1.42. The highest BCUT2D eigenvalue weighted by molar-refractivity contribution is 6.07. The number of hydrogen-bond acceptors (Lipinski definition) is 5. The zero-order valence-electron chi connectivity index (χ0n) is 13.5. The first kappa shape index (κ1) is 18.3. The number of aromatic nitrogens is 5. The van der Waals surface area contributed by atoms with Gasteiger partial charge in [0.2, 0.25) is 0 Å². The first-order chi connectivity index (χ1) is 12.7. The monoisotopic (exact) mass is 385 g/mol. The van der Waals surface area contributed by atoms with Crippen LogP contribution in [0.2, 0.25) is 0 Å². The Morgan fingerprint density at radius 3 is 2.48 bits per heavy atom. The van der Waals surface area contributed by atoms with E-state index < -0.39 is 36.1 Å². The van der Waals surface area contributed by atoms with Gasteiger partial charge in [0, 0.05) is 13.1 Å². The Balaban J connectivity index is 2.01. The van der Waals surface area contributed by atoms with E-state index in [0.29, 0.717) is 10.6 Å². The Morgan fingerprint density at radius 2 is 1.89 bits per heavy atom. The van der Waals surface area contributed by atoms with E-state index in [9.17, 15) is 27.2 Å². The van der Waals surface area contributed by atoms with Crippen molar-refractivity contribution in [3.63, 3.8) is 0 Å². The first-order valence-electron chi connectivity index (χ1n) is 7.29. The second-order valence-corrected chi connectivity index (χ2v) is 5.36. The summed E-state index contributed by atoms with van der Waals surface area (Å²) in [5.41, 5.74) is 2.64. The van der Waals surface area contributed by atoms with Gasteiger partial charge in [0.15, 0.2) is 11.3 Å². The maximum absolute atomic E-state index is 13.1. The minimum absolute atomic E-state index is 0.0256. The van der Waals surface area contributed by atoms with Crippen molar-refractivity contribution in [2.24, 2.45) is 12.8 Å². The van der Waals surface area contributed by atoms with Gasteiger partial charge in [-0.2, -0.15) is 10.2 Å². The lowest BCUT2D eigenvalue weighted by molar-refractivity contribution is 0.0992. The lowest BCUT2D eigenvalue weighted by atomic mass is 10.3. The highest BCUT2D eigenvalue weighted by Crippen LogP contribution is 2.25. The summed E-state index contributed by atoms with van der Waals surface area (Å²) in [5, 5.41) is 9.78. The molecule has 0 aromatic carbocycles. The number of nitrogens with one attached hydrogen (secondary N) is 1. The van der Waals surface area contributed by atoms with E-state index in [4.69, 9.17) is 5.73 Å². The quantitative estimate of drug-likeness (QED) is 0.648. The van der Waals surface area contributed by atoms with Crippen LogP contribution in [0.5, 0.6) is 0 Å². The molecule has 0 fully saturated rings. The van der Waals surface area contributed by atoms with Gasteiger partial charge in [0.05, 0.1) is 11.9 Å². The number of nitrogens with two attached hydrogens (primary N) is 1. The molecule has 3 N–H and O–H groups in total. The maximum atomic E-state index is 13.1. The molecule has 0 atom stereocenters. The van der Waals surface area contributed by atoms with E-state index in [0.717, 1.165) is 16.9 Å². The number of carbonyl (C=O) groups is 2. The third-order valence-corrected chi connectivity index (χ3v) is 3.57. The second-order valence-electron chi connectivity index (χ2n) is 5.36. The van der Waals surface area contributed by atoms with Gasteiger partial charge in [-0.1, -0.05) is 0 Å². The number of anilines is 1. The maximum Gasteiger partial charge on any atom is 0.280 e. The molecule has 3 aromatic heterocycles. The van der Waals surface area contributed by atoms with Gasteiger partial charge in [0.25, 0.3) is 24.7 Å². The number of halogens is 4. The van der Waals surface area contributed by atoms with Gasteiger partial charge in [-0.15, -0.1) is 0 Å². The summed E-state index contributed by atoms with van der Waals surface area (Å²) in [6.07, 6.45) is -5.04. The van der Waals surface area contributed by atoms with E-state index >= 15 is 0 Å². The van der Waals surface area contributed by atoms with Crippen molar-refractivity contribution in [1.29, 1.82) is 0 Å². The molecule has 0 aliphatic heterocycles. The van der Waals surface area contributed by atoms with Crippen molar-refractivity contribution in [2.45, 2.75) is 12.9 Å². The van der Waals surface area contributed by atoms with Crippen LogP contribution < -0.4 is 11.1 Å². The Kier molecular flexibility index (Phi) is 4.51. The number of fused-ring (bicyclic) bond motifs is 1. The van der Waals surface area contributed by atoms with Gasteiger partial charge < -0.3 is 11.1 Å². The summed E-state index contributed by atoms with van der Waals surface area (Å²) in [5.74, 6) is -1.75. The standard InChI is InChI=1S/C14H11F4N7O2/c1-24-10(13(19)26)7(4-20-24)22-14(27)6-3-9-21-5(11(15)16)2-8(12(17)18)25(9)23-6/h2-4,11-12H,1H3,(H2,19,26)(H,22,27). The third-order valence-electron chi connectivity index (χ3n) is 3.57. The third kappa shape index (κ3) is 3.30. The molecule has 0 bridgehead atoms. The highest BCUT2D eigenvalue weighted by Gasteiger charge is 2.23. The van der Waals surface area contributed by atoms with Crippen molar-refractivity contribution in [3.8, 4) is 0 Å². The lowest BCUT2D eigenvalue weighted by Crippen LogP contribution is -2.20. The second kappa shape index (κ2) is 6.66. The minimum atomic E-state index is -3.12. The van der Waals surface area contributed by atoms with E-state index in [-0.39, 0.29) is 22.7 Å². The fraction of sp³-hybridized carbons (Fsp3) is 0.214. The molecule has 0 saturated carbocycles. The van der Waals surface area contributed by atoms with Crippen molar-refractivity contribution in [2.75, 3.05) is 5.32 Å². The SMILES string of the molecule is Cn1ncc(NC(=O)c2cc3nc(C(F)F)cc(C(F)F)n3n2)c1C(N)=O. The molecule has 27 heavy (non-hydrogen) atoms. The molecule has 0 radical (unpaired) electrons. The Hall–Kier alpha value is -3.51. The summed E-state index contributed by atoms with van der Waals surface area (Å²) in [6, 6.07) is 1.48. The molecule has 0 spiro atoms.